The van der Waals surface area contributed by atoms with E-state index >= 15 is 0 Å². The third kappa shape index (κ3) is 3.00. The minimum Gasteiger partial charge on any atom is -0.481 e. The van der Waals surface area contributed by atoms with Gasteiger partial charge in [-0.15, -0.1) is 0 Å². The van der Waals surface area contributed by atoms with E-state index in [1.807, 2.05) is 0 Å². The zero-order valence-corrected chi connectivity index (χ0v) is 10.6. The molecule has 0 aliphatic heterocycles. The van der Waals surface area contributed by atoms with E-state index in [1.165, 1.54) is 6.07 Å². The van der Waals surface area contributed by atoms with Gasteiger partial charge in [-0.25, -0.2) is 4.39 Å². The molecule has 2 N–H and O–H groups in total. The molecular formula is C13H15ClFNO2. The summed E-state index contributed by atoms with van der Waals surface area (Å²) in [6, 6.07) is 5.04. The number of hydrogen-bond donors (Lipinski definition) is 2. The Morgan fingerprint density at radius 1 is 1.50 bits per heavy atom. The van der Waals surface area contributed by atoms with Crippen LogP contribution in [-0.4, -0.2) is 17.1 Å². The predicted octanol–water partition coefficient (Wildman–Crippen LogP) is 2.82. The van der Waals surface area contributed by atoms with Crippen LogP contribution in [0.5, 0.6) is 0 Å². The number of nitrogens with one attached hydrogen (secondary N) is 1. The summed E-state index contributed by atoms with van der Waals surface area (Å²) < 4.78 is 13.6. The summed E-state index contributed by atoms with van der Waals surface area (Å²) in [6.07, 6.45) is 2.11. The van der Waals surface area contributed by atoms with Crippen LogP contribution in [0.2, 0.25) is 5.02 Å². The summed E-state index contributed by atoms with van der Waals surface area (Å²) >= 11 is 5.69. The second-order valence-corrected chi connectivity index (χ2v) is 5.05. The average Bonchev–Trinajstić information content (AvgIpc) is 2.80. The largest absolute Gasteiger partial charge is 0.481 e. The van der Waals surface area contributed by atoms with Gasteiger partial charge in [0.2, 0.25) is 0 Å². The Morgan fingerprint density at radius 2 is 2.28 bits per heavy atom. The highest BCUT2D eigenvalue weighted by Crippen LogP contribution is 2.26. The van der Waals surface area contributed by atoms with Gasteiger partial charge in [0.05, 0.1) is 10.9 Å². The van der Waals surface area contributed by atoms with E-state index in [-0.39, 0.29) is 17.0 Å². The van der Waals surface area contributed by atoms with Crippen LogP contribution in [-0.2, 0) is 11.3 Å². The minimum absolute atomic E-state index is 0.115. The fourth-order valence-corrected chi connectivity index (χ4v) is 2.52. The monoisotopic (exact) mass is 271 g/mol. The first-order valence-corrected chi connectivity index (χ1v) is 6.35. The fraction of sp³-hybridized carbons (Fsp3) is 0.462. The highest BCUT2D eigenvalue weighted by atomic mass is 35.5. The van der Waals surface area contributed by atoms with Crippen LogP contribution in [0.25, 0.3) is 0 Å². The number of benzene rings is 1. The van der Waals surface area contributed by atoms with E-state index in [2.05, 4.69) is 5.32 Å². The molecule has 2 rings (SSSR count). The maximum atomic E-state index is 13.6. The summed E-state index contributed by atoms with van der Waals surface area (Å²) in [7, 11) is 0. The lowest BCUT2D eigenvalue weighted by Crippen LogP contribution is -2.27. The topological polar surface area (TPSA) is 49.3 Å². The van der Waals surface area contributed by atoms with Gasteiger partial charge in [0.25, 0.3) is 0 Å². The smallest absolute Gasteiger partial charge is 0.306 e. The summed E-state index contributed by atoms with van der Waals surface area (Å²) in [6.45, 7) is 0.378. The molecule has 5 heteroatoms. The van der Waals surface area contributed by atoms with Crippen molar-refractivity contribution in [1.29, 1.82) is 0 Å². The Morgan fingerprint density at radius 3 is 2.94 bits per heavy atom. The Kier molecular flexibility index (Phi) is 4.19. The van der Waals surface area contributed by atoms with Crippen LogP contribution < -0.4 is 5.32 Å². The first kappa shape index (κ1) is 13.3. The molecular weight excluding hydrogens is 257 g/mol. The SMILES string of the molecule is O=C(O)[C@@H]1CC[C@H](NCc2cccc(Cl)c2F)C1. The molecule has 1 aliphatic carbocycles. The quantitative estimate of drug-likeness (QED) is 0.885. The number of halogens is 2. The van der Waals surface area contributed by atoms with Crippen LogP contribution in [0.4, 0.5) is 4.39 Å². The molecule has 1 fully saturated rings. The number of aliphatic carboxylic acids is 1. The third-order valence-corrected chi connectivity index (χ3v) is 3.69. The van der Waals surface area contributed by atoms with Crippen molar-refractivity contribution in [2.45, 2.75) is 31.8 Å². The van der Waals surface area contributed by atoms with E-state index in [0.29, 0.717) is 24.9 Å². The predicted molar refractivity (Wildman–Crippen MR) is 67.0 cm³/mol. The summed E-state index contributed by atoms with van der Waals surface area (Å²) in [5, 5.41) is 12.2. The third-order valence-electron chi connectivity index (χ3n) is 3.39. The van der Waals surface area contributed by atoms with Crippen molar-refractivity contribution in [2.24, 2.45) is 5.92 Å². The lowest BCUT2D eigenvalue weighted by Gasteiger charge is -2.13. The lowest BCUT2D eigenvalue weighted by atomic mass is 10.1. The fourth-order valence-electron chi connectivity index (χ4n) is 2.33. The molecule has 1 aliphatic rings. The number of carboxylic acid groups (broad SMARTS) is 1. The average molecular weight is 272 g/mol. The number of rotatable bonds is 4. The molecule has 0 aromatic heterocycles. The first-order chi connectivity index (χ1) is 8.58. The summed E-state index contributed by atoms with van der Waals surface area (Å²) in [5.41, 5.74) is 0.515. The van der Waals surface area contributed by atoms with Crippen molar-refractivity contribution < 1.29 is 14.3 Å². The van der Waals surface area contributed by atoms with E-state index in [9.17, 15) is 9.18 Å². The molecule has 1 saturated carbocycles. The van der Waals surface area contributed by atoms with Gasteiger partial charge in [-0.2, -0.15) is 0 Å². The van der Waals surface area contributed by atoms with Gasteiger partial charge in [-0.05, 0) is 25.3 Å². The molecule has 0 radical (unpaired) electrons. The van der Waals surface area contributed by atoms with Gasteiger partial charge in [0, 0.05) is 18.2 Å². The van der Waals surface area contributed by atoms with Gasteiger partial charge in [0.1, 0.15) is 5.82 Å². The molecule has 18 heavy (non-hydrogen) atoms. The molecule has 98 valence electrons. The van der Waals surface area contributed by atoms with Crippen LogP contribution in [0.3, 0.4) is 0 Å². The van der Waals surface area contributed by atoms with Crippen molar-refractivity contribution in [2.75, 3.05) is 0 Å². The van der Waals surface area contributed by atoms with Crippen LogP contribution >= 0.6 is 11.6 Å². The summed E-state index contributed by atoms with van der Waals surface area (Å²) in [4.78, 5) is 10.8. The normalized spacial score (nSPS) is 23.2. The Hall–Kier alpha value is -1.13. The van der Waals surface area contributed by atoms with Crippen molar-refractivity contribution >= 4 is 17.6 Å². The van der Waals surface area contributed by atoms with E-state index < -0.39 is 11.8 Å². The van der Waals surface area contributed by atoms with Crippen molar-refractivity contribution in [3.63, 3.8) is 0 Å². The highest BCUT2D eigenvalue weighted by molar-refractivity contribution is 6.30. The maximum Gasteiger partial charge on any atom is 0.306 e. The molecule has 2 atom stereocenters. The van der Waals surface area contributed by atoms with E-state index in [4.69, 9.17) is 16.7 Å². The van der Waals surface area contributed by atoms with Gasteiger partial charge in [-0.3, -0.25) is 4.79 Å². The second kappa shape index (κ2) is 5.67. The standard InChI is InChI=1S/C13H15ClFNO2/c14-11-3-1-2-9(12(11)15)7-16-10-5-4-8(6-10)13(17)18/h1-3,8,10,16H,4-7H2,(H,17,18)/t8-,10+/m1/s1. The van der Waals surface area contributed by atoms with E-state index in [0.717, 1.165) is 6.42 Å². The Balaban J connectivity index is 1.89. The zero-order valence-electron chi connectivity index (χ0n) is 9.83. The Bertz CT molecular complexity index is 453. The van der Waals surface area contributed by atoms with Crippen molar-refractivity contribution in [1.82, 2.24) is 5.32 Å². The van der Waals surface area contributed by atoms with Gasteiger partial charge in [0.15, 0.2) is 0 Å². The number of carbonyl (C=O) groups is 1. The molecule has 3 nitrogen and oxygen atoms in total. The van der Waals surface area contributed by atoms with Crippen LogP contribution in [0.15, 0.2) is 18.2 Å². The molecule has 0 amide bonds. The molecule has 0 heterocycles. The second-order valence-electron chi connectivity index (χ2n) is 4.64. The first-order valence-electron chi connectivity index (χ1n) is 5.97. The minimum atomic E-state index is -0.742. The zero-order chi connectivity index (χ0) is 13.1. The van der Waals surface area contributed by atoms with Crippen LogP contribution in [0, 0.1) is 11.7 Å². The highest BCUT2D eigenvalue weighted by Gasteiger charge is 2.29. The Labute approximate surface area is 110 Å². The van der Waals surface area contributed by atoms with Gasteiger partial charge < -0.3 is 10.4 Å². The van der Waals surface area contributed by atoms with Crippen LogP contribution in [0.1, 0.15) is 24.8 Å². The number of carboxylic acids is 1. The molecule has 1 aromatic carbocycles. The van der Waals surface area contributed by atoms with E-state index in [1.54, 1.807) is 12.1 Å². The molecule has 0 spiro atoms. The van der Waals surface area contributed by atoms with Gasteiger partial charge >= 0.3 is 5.97 Å². The van der Waals surface area contributed by atoms with Gasteiger partial charge in [-0.1, -0.05) is 23.7 Å². The molecule has 0 saturated heterocycles. The molecule has 0 bridgehead atoms. The molecule has 0 unspecified atom stereocenters. The van der Waals surface area contributed by atoms with Crippen molar-refractivity contribution in [3.8, 4) is 0 Å². The molecule has 1 aromatic rings. The summed E-state index contributed by atoms with van der Waals surface area (Å²) in [5.74, 6) is -1.42. The lowest BCUT2D eigenvalue weighted by molar-refractivity contribution is -0.141. The van der Waals surface area contributed by atoms with Crippen molar-refractivity contribution in [3.05, 3.63) is 34.6 Å². The number of hydrogen-bond acceptors (Lipinski definition) is 2. The maximum absolute atomic E-state index is 13.6.